The zero-order valence-electron chi connectivity index (χ0n) is 13.3. The molecule has 6 heteroatoms. The van der Waals surface area contributed by atoms with E-state index in [1.807, 2.05) is 24.3 Å². The average Bonchev–Trinajstić information content (AvgIpc) is 2.58. The summed E-state index contributed by atoms with van der Waals surface area (Å²) in [6.45, 7) is 2.00. The first-order chi connectivity index (χ1) is 11.6. The third-order valence-electron chi connectivity index (χ3n) is 3.21. The summed E-state index contributed by atoms with van der Waals surface area (Å²) in [6.07, 6.45) is 3.49. The average molecular weight is 391 g/mol. The molecular weight excluding hydrogens is 372 g/mol. The highest BCUT2D eigenvalue weighted by Gasteiger charge is 2.03. The zero-order valence-corrected chi connectivity index (χ0v) is 14.9. The molecule has 0 bridgehead atoms. The first kappa shape index (κ1) is 18.0. The lowest BCUT2D eigenvalue weighted by Crippen LogP contribution is -2.24. The fourth-order valence-electron chi connectivity index (χ4n) is 2.02. The van der Waals surface area contributed by atoms with E-state index in [2.05, 4.69) is 33.4 Å². The second-order valence-corrected chi connectivity index (χ2v) is 6.09. The fourth-order valence-corrected chi connectivity index (χ4v) is 2.40. The molecule has 0 aliphatic carbocycles. The van der Waals surface area contributed by atoms with Crippen LogP contribution in [0.3, 0.4) is 0 Å². The largest absolute Gasteiger partial charge is 0.507 e. The van der Waals surface area contributed by atoms with Crippen molar-refractivity contribution in [3.8, 4) is 11.5 Å². The summed E-state index contributed by atoms with van der Waals surface area (Å²) in [5.74, 6) is 0.344. The summed E-state index contributed by atoms with van der Waals surface area (Å²) in [5, 5.41) is 13.5. The molecule has 1 amide bonds. The number of ether oxygens (including phenoxy) is 1. The van der Waals surface area contributed by atoms with Gasteiger partial charge < -0.3 is 9.84 Å². The summed E-state index contributed by atoms with van der Waals surface area (Å²) in [4.78, 5) is 11.7. The highest BCUT2D eigenvalue weighted by atomic mass is 79.9. The van der Waals surface area contributed by atoms with Gasteiger partial charge in [0.15, 0.2) is 6.61 Å². The molecule has 0 saturated carbocycles. The van der Waals surface area contributed by atoms with Gasteiger partial charge in [-0.3, -0.25) is 4.79 Å². The van der Waals surface area contributed by atoms with Crippen molar-refractivity contribution >= 4 is 28.1 Å². The monoisotopic (exact) mass is 390 g/mol. The summed E-state index contributed by atoms with van der Waals surface area (Å²) in [5.41, 5.74) is 4.10. The number of carbonyl (C=O) groups is 1. The van der Waals surface area contributed by atoms with E-state index < -0.39 is 0 Å². The van der Waals surface area contributed by atoms with Crippen LogP contribution in [-0.4, -0.2) is 23.8 Å². The zero-order chi connectivity index (χ0) is 17.4. The minimum atomic E-state index is -0.377. The van der Waals surface area contributed by atoms with Crippen LogP contribution in [0.25, 0.3) is 0 Å². The molecule has 0 fully saturated rings. The molecule has 126 valence electrons. The number of aryl methyl sites for hydroxylation is 1. The Morgan fingerprint density at radius 3 is 2.75 bits per heavy atom. The number of nitrogens with zero attached hydrogens (tertiary/aromatic N) is 1. The van der Waals surface area contributed by atoms with Gasteiger partial charge in [0.1, 0.15) is 11.5 Å². The van der Waals surface area contributed by atoms with Crippen LogP contribution in [0.15, 0.2) is 52.0 Å². The van der Waals surface area contributed by atoms with Gasteiger partial charge >= 0.3 is 0 Å². The Hall–Kier alpha value is -2.34. The molecule has 0 aliphatic heterocycles. The second kappa shape index (κ2) is 9.08. The maximum Gasteiger partial charge on any atom is 0.277 e. The van der Waals surface area contributed by atoms with Gasteiger partial charge in [0.2, 0.25) is 0 Å². The van der Waals surface area contributed by atoms with E-state index >= 15 is 0 Å². The molecule has 5 nitrogen and oxygen atoms in total. The molecule has 0 heterocycles. The van der Waals surface area contributed by atoms with Gasteiger partial charge in [-0.15, -0.1) is 0 Å². The van der Waals surface area contributed by atoms with Crippen LogP contribution in [-0.2, 0) is 11.2 Å². The van der Waals surface area contributed by atoms with Crippen molar-refractivity contribution in [3.63, 3.8) is 0 Å². The molecule has 24 heavy (non-hydrogen) atoms. The van der Waals surface area contributed by atoms with E-state index in [-0.39, 0.29) is 18.3 Å². The van der Waals surface area contributed by atoms with Gasteiger partial charge in [0.25, 0.3) is 5.91 Å². The van der Waals surface area contributed by atoms with Crippen molar-refractivity contribution in [3.05, 3.63) is 58.1 Å². The number of nitrogens with one attached hydrogen (secondary N) is 1. The predicted octanol–water partition coefficient (Wildman–Crippen LogP) is 3.64. The molecule has 0 spiro atoms. The first-order valence-electron chi connectivity index (χ1n) is 7.60. The SMILES string of the molecule is CCCc1ccc(OCC(=O)N/N=C\c2cc(Br)ccc2O)cc1. The third kappa shape index (κ3) is 5.70. The maximum atomic E-state index is 11.7. The number of amides is 1. The molecule has 2 rings (SSSR count). The van der Waals surface area contributed by atoms with Gasteiger partial charge in [-0.05, 0) is 42.3 Å². The number of rotatable bonds is 7. The smallest absolute Gasteiger partial charge is 0.277 e. The number of hydrogen-bond donors (Lipinski definition) is 2. The van der Waals surface area contributed by atoms with Gasteiger partial charge in [-0.2, -0.15) is 5.10 Å². The Labute approximate surface area is 149 Å². The topological polar surface area (TPSA) is 70.9 Å². The highest BCUT2D eigenvalue weighted by Crippen LogP contribution is 2.19. The number of hydrogen-bond acceptors (Lipinski definition) is 4. The van der Waals surface area contributed by atoms with Crippen molar-refractivity contribution in [2.24, 2.45) is 5.10 Å². The highest BCUT2D eigenvalue weighted by molar-refractivity contribution is 9.10. The van der Waals surface area contributed by atoms with Gasteiger partial charge in [0.05, 0.1) is 6.21 Å². The van der Waals surface area contributed by atoms with Crippen molar-refractivity contribution in [1.82, 2.24) is 5.43 Å². The van der Waals surface area contributed by atoms with E-state index in [1.54, 1.807) is 18.2 Å². The van der Waals surface area contributed by atoms with E-state index in [0.717, 1.165) is 17.3 Å². The van der Waals surface area contributed by atoms with Crippen LogP contribution in [0.4, 0.5) is 0 Å². The van der Waals surface area contributed by atoms with Gasteiger partial charge in [-0.1, -0.05) is 41.4 Å². The Bertz CT molecular complexity index is 715. The van der Waals surface area contributed by atoms with Gasteiger partial charge in [-0.25, -0.2) is 5.43 Å². The van der Waals surface area contributed by atoms with Crippen LogP contribution >= 0.6 is 15.9 Å². The van der Waals surface area contributed by atoms with Crippen molar-refractivity contribution in [2.75, 3.05) is 6.61 Å². The van der Waals surface area contributed by atoms with Crippen LogP contribution in [0, 0.1) is 0 Å². The van der Waals surface area contributed by atoms with E-state index in [4.69, 9.17) is 4.74 Å². The van der Waals surface area contributed by atoms with E-state index in [1.165, 1.54) is 11.8 Å². The summed E-state index contributed by atoms with van der Waals surface area (Å²) >= 11 is 3.30. The molecule has 0 aromatic heterocycles. The minimum absolute atomic E-state index is 0.0830. The number of carbonyl (C=O) groups excluding carboxylic acids is 1. The number of halogens is 1. The van der Waals surface area contributed by atoms with Crippen LogP contribution in [0.2, 0.25) is 0 Å². The summed E-state index contributed by atoms with van der Waals surface area (Å²) in [7, 11) is 0. The molecule has 2 N–H and O–H groups in total. The van der Waals surface area contributed by atoms with Crippen LogP contribution in [0.5, 0.6) is 11.5 Å². The molecule has 0 atom stereocenters. The summed E-state index contributed by atoms with van der Waals surface area (Å²) in [6, 6.07) is 12.6. The molecule has 0 saturated heterocycles. The van der Waals surface area contributed by atoms with Crippen molar-refractivity contribution in [2.45, 2.75) is 19.8 Å². The third-order valence-corrected chi connectivity index (χ3v) is 3.71. The normalized spacial score (nSPS) is 10.8. The molecule has 2 aromatic carbocycles. The lowest BCUT2D eigenvalue weighted by molar-refractivity contribution is -0.123. The lowest BCUT2D eigenvalue weighted by Gasteiger charge is -2.06. The molecular formula is C18H19BrN2O3. The Morgan fingerprint density at radius 1 is 1.29 bits per heavy atom. The number of aromatic hydroxyl groups is 1. The lowest BCUT2D eigenvalue weighted by atomic mass is 10.1. The fraction of sp³-hybridized carbons (Fsp3) is 0.222. The van der Waals surface area contributed by atoms with Crippen LogP contribution < -0.4 is 10.2 Å². The first-order valence-corrected chi connectivity index (χ1v) is 8.40. The maximum absolute atomic E-state index is 11.7. The number of phenols is 1. The van der Waals surface area contributed by atoms with Crippen molar-refractivity contribution < 1.29 is 14.6 Å². The quantitative estimate of drug-likeness (QED) is 0.559. The molecule has 2 aromatic rings. The minimum Gasteiger partial charge on any atom is -0.507 e. The van der Waals surface area contributed by atoms with Gasteiger partial charge in [0, 0.05) is 10.0 Å². The number of hydrazone groups is 1. The summed E-state index contributed by atoms with van der Waals surface area (Å²) < 4.78 is 6.21. The molecule has 0 radical (unpaired) electrons. The number of phenolic OH excluding ortho intramolecular Hbond substituents is 1. The molecule has 0 unspecified atom stereocenters. The van der Waals surface area contributed by atoms with Crippen molar-refractivity contribution in [1.29, 1.82) is 0 Å². The van der Waals surface area contributed by atoms with E-state index in [9.17, 15) is 9.90 Å². The number of benzene rings is 2. The van der Waals surface area contributed by atoms with E-state index in [0.29, 0.717) is 11.3 Å². The second-order valence-electron chi connectivity index (χ2n) is 5.18. The molecule has 0 aliphatic rings. The Balaban J connectivity index is 1.80. The Morgan fingerprint density at radius 2 is 2.04 bits per heavy atom. The Kier molecular flexibility index (Phi) is 6.81. The standard InChI is InChI=1S/C18H19BrN2O3/c1-2-3-13-4-7-16(8-5-13)24-12-18(23)21-20-11-14-10-15(19)6-9-17(14)22/h4-11,22H,2-3,12H2,1H3,(H,21,23)/b20-11-. The predicted molar refractivity (Wildman–Crippen MR) is 97.5 cm³/mol. The van der Waals surface area contributed by atoms with Crippen LogP contribution in [0.1, 0.15) is 24.5 Å².